The predicted molar refractivity (Wildman–Crippen MR) is 46.7 cm³/mol. The number of hydrogen-bond acceptors (Lipinski definition) is 1. The summed E-state index contributed by atoms with van der Waals surface area (Å²) in [7, 11) is 0. The first-order chi connectivity index (χ1) is 6.06. The highest BCUT2D eigenvalue weighted by Crippen LogP contribution is 2.24. The normalized spacial score (nSPS) is 10.2. The number of carbonyl (C=O) groups is 1. The lowest BCUT2D eigenvalue weighted by Crippen LogP contribution is -2.04. The molecule has 1 aromatic rings. The number of ketones is 1. The molecular weight excluding hydrogens is 221 g/mol. The van der Waals surface area contributed by atoms with Crippen molar-refractivity contribution in [2.24, 2.45) is 0 Å². The van der Waals surface area contributed by atoms with E-state index in [2.05, 4.69) is 0 Å². The average Bonchev–Trinajstić information content (AvgIpc) is 2.10. The molecule has 0 atom stereocenters. The molecule has 1 nitrogen and oxygen atoms in total. The van der Waals surface area contributed by atoms with Gasteiger partial charge >= 0.3 is 0 Å². The van der Waals surface area contributed by atoms with Crippen LogP contribution in [0.4, 0.5) is 8.78 Å². The third-order valence-electron chi connectivity index (χ3n) is 1.41. The molecule has 13 heavy (non-hydrogen) atoms. The Morgan fingerprint density at radius 3 is 2.54 bits per heavy atom. The molecular formula is C8H4Cl2F2O. The SMILES string of the molecule is O=C(CF)c1cc(Cl)cc(Cl)c1F. The molecule has 1 rings (SSSR count). The lowest BCUT2D eigenvalue weighted by atomic mass is 10.1. The molecule has 0 amide bonds. The van der Waals surface area contributed by atoms with E-state index in [1.54, 1.807) is 0 Å². The Labute approximate surface area is 83.3 Å². The van der Waals surface area contributed by atoms with E-state index in [9.17, 15) is 13.6 Å². The van der Waals surface area contributed by atoms with Crippen LogP contribution in [-0.4, -0.2) is 12.5 Å². The number of alkyl halides is 1. The van der Waals surface area contributed by atoms with Crippen LogP contribution >= 0.6 is 23.2 Å². The Balaban J connectivity index is 3.28. The van der Waals surface area contributed by atoms with Crippen LogP contribution in [0.5, 0.6) is 0 Å². The van der Waals surface area contributed by atoms with Crippen LogP contribution in [0.15, 0.2) is 12.1 Å². The molecule has 70 valence electrons. The molecule has 0 heterocycles. The van der Waals surface area contributed by atoms with Gasteiger partial charge in [-0.3, -0.25) is 4.79 Å². The maximum atomic E-state index is 13.0. The maximum absolute atomic E-state index is 13.0. The van der Waals surface area contributed by atoms with Crippen molar-refractivity contribution in [2.75, 3.05) is 6.67 Å². The quantitative estimate of drug-likeness (QED) is 0.557. The van der Waals surface area contributed by atoms with Crippen molar-refractivity contribution in [3.8, 4) is 0 Å². The van der Waals surface area contributed by atoms with Gasteiger partial charge in [0.15, 0.2) is 18.3 Å². The van der Waals surface area contributed by atoms with E-state index in [1.807, 2.05) is 0 Å². The van der Waals surface area contributed by atoms with Crippen LogP contribution in [0.3, 0.4) is 0 Å². The highest BCUT2D eigenvalue weighted by molar-refractivity contribution is 6.35. The lowest BCUT2D eigenvalue weighted by Gasteiger charge is -2.01. The van der Waals surface area contributed by atoms with Crippen LogP contribution in [0, 0.1) is 5.82 Å². The van der Waals surface area contributed by atoms with Gasteiger partial charge in [-0.1, -0.05) is 23.2 Å². The first kappa shape index (κ1) is 10.4. The number of carbonyl (C=O) groups excluding carboxylic acids is 1. The van der Waals surface area contributed by atoms with Crippen molar-refractivity contribution < 1.29 is 13.6 Å². The van der Waals surface area contributed by atoms with Gasteiger partial charge in [-0.25, -0.2) is 8.78 Å². The standard InChI is InChI=1S/C8H4Cl2F2O/c9-4-1-5(7(13)3-11)8(12)6(10)2-4/h1-2H,3H2. The Hall–Kier alpha value is -0.670. The minimum Gasteiger partial charge on any atom is -0.291 e. The van der Waals surface area contributed by atoms with E-state index < -0.39 is 23.8 Å². The Kier molecular flexibility index (Phi) is 3.22. The fourth-order valence-electron chi connectivity index (χ4n) is 0.831. The summed E-state index contributed by atoms with van der Waals surface area (Å²) in [6.45, 7) is -1.27. The molecule has 0 N–H and O–H groups in total. The molecule has 0 saturated heterocycles. The summed E-state index contributed by atoms with van der Waals surface area (Å²) in [4.78, 5) is 10.8. The van der Waals surface area contributed by atoms with Gasteiger partial charge in [0, 0.05) is 5.02 Å². The third-order valence-corrected chi connectivity index (χ3v) is 1.91. The molecule has 0 saturated carbocycles. The molecule has 0 radical (unpaired) electrons. The summed E-state index contributed by atoms with van der Waals surface area (Å²) in [6.07, 6.45) is 0. The van der Waals surface area contributed by atoms with Gasteiger partial charge in [0.25, 0.3) is 0 Å². The molecule has 1 aromatic carbocycles. The smallest absolute Gasteiger partial charge is 0.196 e. The fraction of sp³-hybridized carbons (Fsp3) is 0.125. The van der Waals surface area contributed by atoms with Crippen LogP contribution in [0.2, 0.25) is 10.0 Å². The van der Waals surface area contributed by atoms with Gasteiger partial charge in [-0.05, 0) is 12.1 Å². The van der Waals surface area contributed by atoms with Gasteiger partial charge in [0.05, 0.1) is 10.6 Å². The minimum atomic E-state index is -1.27. The maximum Gasteiger partial charge on any atom is 0.196 e. The first-order valence-electron chi connectivity index (χ1n) is 3.30. The summed E-state index contributed by atoms with van der Waals surface area (Å²) < 4.78 is 25.0. The molecule has 0 bridgehead atoms. The molecule has 0 aromatic heterocycles. The first-order valence-corrected chi connectivity index (χ1v) is 4.05. The highest BCUT2D eigenvalue weighted by Gasteiger charge is 2.15. The fourth-order valence-corrected chi connectivity index (χ4v) is 1.32. The molecule has 0 aliphatic heterocycles. The lowest BCUT2D eigenvalue weighted by molar-refractivity contribution is 0.0954. The average molecular weight is 225 g/mol. The number of benzene rings is 1. The second kappa shape index (κ2) is 4.03. The van der Waals surface area contributed by atoms with Crippen LogP contribution < -0.4 is 0 Å². The van der Waals surface area contributed by atoms with E-state index in [-0.39, 0.29) is 10.0 Å². The number of rotatable bonds is 2. The van der Waals surface area contributed by atoms with Gasteiger partial charge < -0.3 is 0 Å². The molecule has 0 aliphatic rings. The van der Waals surface area contributed by atoms with Gasteiger partial charge in [-0.15, -0.1) is 0 Å². The summed E-state index contributed by atoms with van der Waals surface area (Å²) in [5, 5.41) is -0.187. The third kappa shape index (κ3) is 2.17. The molecule has 5 heteroatoms. The largest absolute Gasteiger partial charge is 0.291 e. The summed E-state index contributed by atoms with van der Waals surface area (Å²) in [6, 6.07) is 2.19. The van der Waals surface area contributed by atoms with Crippen molar-refractivity contribution in [1.29, 1.82) is 0 Å². The Bertz CT molecular complexity index is 352. The van der Waals surface area contributed by atoms with Crippen LogP contribution in [-0.2, 0) is 0 Å². The van der Waals surface area contributed by atoms with Crippen LogP contribution in [0.1, 0.15) is 10.4 Å². The number of hydrogen-bond donors (Lipinski definition) is 0. The van der Waals surface area contributed by atoms with Crippen molar-refractivity contribution >= 4 is 29.0 Å². The van der Waals surface area contributed by atoms with Gasteiger partial charge in [0.2, 0.25) is 0 Å². The number of halogens is 4. The van der Waals surface area contributed by atoms with E-state index in [0.29, 0.717) is 0 Å². The van der Waals surface area contributed by atoms with Gasteiger partial charge in [0.1, 0.15) is 0 Å². The van der Waals surface area contributed by atoms with Crippen LogP contribution in [0.25, 0.3) is 0 Å². The van der Waals surface area contributed by atoms with Crippen molar-refractivity contribution in [3.05, 3.63) is 33.6 Å². The van der Waals surface area contributed by atoms with E-state index in [1.165, 1.54) is 0 Å². The Morgan fingerprint density at radius 1 is 1.38 bits per heavy atom. The Morgan fingerprint density at radius 2 is 2.00 bits per heavy atom. The topological polar surface area (TPSA) is 17.1 Å². The highest BCUT2D eigenvalue weighted by atomic mass is 35.5. The molecule has 0 spiro atoms. The van der Waals surface area contributed by atoms with Crippen molar-refractivity contribution in [1.82, 2.24) is 0 Å². The van der Waals surface area contributed by atoms with Crippen molar-refractivity contribution in [3.63, 3.8) is 0 Å². The summed E-state index contributed by atoms with van der Waals surface area (Å²) in [5.41, 5.74) is -0.417. The monoisotopic (exact) mass is 224 g/mol. The minimum absolute atomic E-state index is 0.100. The molecule has 0 aliphatic carbocycles. The zero-order valence-electron chi connectivity index (χ0n) is 6.28. The van der Waals surface area contributed by atoms with E-state index in [4.69, 9.17) is 23.2 Å². The number of Topliss-reactive ketones (excluding diaryl/α,β-unsaturated/α-hetero) is 1. The van der Waals surface area contributed by atoms with E-state index >= 15 is 0 Å². The predicted octanol–water partition coefficient (Wildman–Crippen LogP) is 3.28. The summed E-state index contributed by atoms with van der Waals surface area (Å²) >= 11 is 10.9. The van der Waals surface area contributed by atoms with Gasteiger partial charge in [-0.2, -0.15) is 0 Å². The zero-order chi connectivity index (χ0) is 10.0. The van der Waals surface area contributed by atoms with Crippen molar-refractivity contribution in [2.45, 2.75) is 0 Å². The second-order valence-corrected chi connectivity index (χ2v) is 3.15. The summed E-state index contributed by atoms with van der Waals surface area (Å²) in [5.74, 6) is -1.91. The zero-order valence-corrected chi connectivity index (χ0v) is 7.79. The second-order valence-electron chi connectivity index (χ2n) is 2.31. The van der Waals surface area contributed by atoms with E-state index in [0.717, 1.165) is 12.1 Å². The molecule has 0 fully saturated rings. The molecule has 0 unspecified atom stereocenters.